The van der Waals surface area contributed by atoms with Gasteiger partial charge in [-0.3, -0.25) is 4.79 Å². The summed E-state index contributed by atoms with van der Waals surface area (Å²) in [6.07, 6.45) is 1.64. The molecule has 2 aromatic heterocycles. The number of hydrogen-bond donors (Lipinski definition) is 0. The molecule has 78 valence electrons. The summed E-state index contributed by atoms with van der Waals surface area (Å²) in [6.45, 7) is 4.20. The number of aromatic nitrogens is 3. The Morgan fingerprint density at radius 2 is 2.13 bits per heavy atom. The monoisotopic (exact) mass is 205 g/mol. The van der Waals surface area contributed by atoms with E-state index in [9.17, 15) is 9.59 Å². The van der Waals surface area contributed by atoms with Crippen LogP contribution in [0.15, 0.2) is 27.9 Å². The molecule has 5 heteroatoms. The molecule has 0 saturated heterocycles. The Bertz CT molecular complexity index is 625. The van der Waals surface area contributed by atoms with Gasteiger partial charge in [-0.2, -0.15) is 4.98 Å². The van der Waals surface area contributed by atoms with E-state index in [1.165, 1.54) is 10.5 Å². The van der Waals surface area contributed by atoms with E-state index in [0.717, 1.165) is 0 Å². The van der Waals surface area contributed by atoms with E-state index in [2.05, 4.69) is 4.98 Å². The van der Waals surface area contributed by atoms with E-state index in [1.807, 2.05) is 6.92 Å². The van der Waals surface area contributed by atoms with Crippen LogP contribution in [0.2, 0.25) is 0 Å². The van der Waals surface area contributed by atoms with Gasteiger partial charge in [-0.1, -0.05) is 0 Å². The first kappa shape index (κ1) is 9.64. The van der Waals surface area contributed by atoms with Crippen molar-refractivity contribution in [1.82, 2.24) is 14.0 Å². The predicted molar refractivity (Wildman–Crippen MR) is 56.1 cm³/mol. The lowest BCUT2D eigenvalue weighted by molar-refractivity contribution is 0.678. The van der Waals surface area contributed by atoms with Crippen molar-refractivity contribution in [2.45, 2.75) is 20.4 Å². The van der Waals surface area contributed by atoms with Gasteiger partial charge in [0, 0.05) is 24.5 Å². The van der Waals surface area contributed by atoms with Crippen molar-refractivity contribution in [3.8, 4) is 0 Å². The van der Waals surface area contributed by atoms with Crippen molar-refractivity contribution in [2.24, 2.45) is 0 Å². The Morgan fingerprint density at radius 3 is 2.80 bits per heavy atom. The number of rotatable bonds is 1. The standard InChI is InChI=1S/C10H11N3O2/c1-3-12-5-4-8-11-9(14)6-7(2)13(8)10(12)15/h4-6H,3H2,1-2H3. The van der Waals surface area contributed by atoms with E-state index in [0.29, 0.717) is 17.9 Å². The van der Waals surface area contributed by atoms with Crippen LogP contribution in [0, 0.1) is 6.92 Å². The first-order chi connectivity index (χ1) is 7.13. The third-order valence-corrected chi connectivity index (χ3v) is 2.32. The van der Waals surface area contributed by atoms with E-state index >= 15 is 0 Å². The molecule has 0 unspecified atom stereocenters. The van der Waals surface area contributed by atoms with Gasteiger partial charge in [0.25, 0.3) is 5.56 Å². The van der Waals surface area contributed by atoms with Crippen LogP contribution in [0.3, 0.4) is 0 Å². The second-order valence-corrected chi connectivity index (χ2v) is 3.31. The van der Waals surface area contributed by atoms with Gasteiger partial charge in [0.1, 0.15) is 5.65 Å². The predicted octanol–water partition coefficient (Wildman–Crippen LogP) is 0.185. The van der Waals surface area contributed by atoms with Crippen LogP contribution in [-0.4, -0.2) is 14.0 Å². The molecule has 0 aliphatic heterocycles. The molecule has 2 heterocycles. The number of hydrogen-bond acceptors (Lipinski definition) is 3. The average Bonchev–Trinajstić information content (AvgIpc) is 2.17. The van der Waals surface area contributed by atoms with Gasteiger partial charge in [0.15, 0.2) is 0 Å². The summed E-state index contributed by atoms with van der Waals surface area (Å²) in [5.74, 6) is 0. The second kappa shape index (κ2) is 3.34. The van der Waals surface area contributed by atoms with Gasteiger partial charge in [0.05, 0.1) is 0 Å². The van der Waals surface area contributed by atoms with Crippen molar-refractivity contribution in [1.29, 1.82) is 0 Å². The molecule has 0 aromatic carbocycles. The van der Waals surface area contributed by atoms with Gasteiger partial charge in [0.2, 0.25) is 0 Å². The fourth-order valence-electron chi connectivity index (χ4n) is 1.57. The van der Waals surface area contributed by atoms with Gasteiger partial charge in [-0.15, -0.1) is 0 Å². The van der Waals surface area contributed by atoms with Crippen molar-refractivity contribution in [2.75, 3.05) is 0 Å². The van der Waals surface area contributed by atoms with Crippen LogP contribution in [0.1, 0.15) is 12.6 Å². The molecule has 15 heavy (non-hydrogen) atoms. The topological polar surface area (TPSA) is 56.4 Å². The second-order valence-electron chi connectivity index (χ2n) is 3.31. The first-order valence-electron chi connectivity index (χ1n) is 4.73. The summed E-state index contributed by atoms with van der Waals surface area (Å²) in [5.41, 5.74) is 0.522. The summed E-state index contributed by atoms with van der Waals surface area (Å²) in [4.78, 5) is 26.8. The van der Waals surface area contributed by atoms with Crippen LogP contribution in [0.4, 0.5) is 0 Å². The molecule has 2 rings (SSSR count). The molecular formula is C10H11N3O2. The maximum absolute atomic E-state index is 11.9. The molecule has 0 spiro atoms. The molecule has 0 bridgehead atoms. The third-order valence-electron chi connectivity index (χ3n) is 2.32. The minimum absolute atomic E-state index is 0.167. The lowest BCUT2D eigenvalue weighted by Gasteiger charge is -2.06. The summed E-state index contributed by atoms with van der Waals surface area (Å²) in [6, 6.07) is 3.02. The van der Waals surface area contributed by atoms with Crippen molar-refractivity contribution >= 4 is 5.65 Å². The Hall–Kier alpha value is -1.91. The molecule has 2 aromatic rings. The fraction of sp³-hybridized carbons (Fsp3) is 0.300. The van der Waals surface area contributed by atoms with Gasteiger partial charge < -0.3 is 4.57 Å². The smallest absolute Gasteiger partial charge is 0.301 e. The summed E-state index contributed by atoms with van der Waals surface area (Å²) in [7, 11) is 0. The normalized spacial score (nSPS) is 10.8. The quantitative estimate of drug-likeness (QED) is 0.667. The molecule has 0 saturated carbocycles. The first-order valence-corrected chi connectivity index (χ1v) is 4.73. The minimum Gasteiger partial charge on any atom is -0.301 e. The number of aryl methyl sites for hydroxylation is 2. The van der Waals surface area contributed by atoms with Crippen LogP contribution < -0.4 is 11.2 Å². The SMILES string of the molecule is CCn1ccc2nc(=O)cc(C)n2c1=O. The minimum atomic E-state index is -0.318. The zero-order chi connectivity index (χ0) is 11.0. The molecule has 0 aliphatic carbocycles. The maximum atomic E-state index is 11.9. The molecule has 0 aliphatic rings. The molecule has 0 N–H and O–H groups in total. The molecular weight excluding hydrogens is 194 g/mol. The molecule has 0 fully saturated rings. The van der Waals surface area contributed by atoms with Crippen LogP contribution in [-0.2, 0) is 6.54 Å². The Labute approximate surface area is 85.6 Å². The summed E-state index contributed by atoms with van der Waals surface area (Å²) < 4.78 is 3.00. The van der Waals surface area contributed by atoms with Crippen molar-refractivity contribution in [3.05, 3.63) is 44.9 Å². The van der Waals surface area contributed by atoms with E-state index in [1.54, 1.807) is 23.8 Å². The largest absolute Gasteiger partial charge is 0.334 e. The Kier molecular flexibility index (Phi) is 2.15. The van der Waals surface area contributed by atoms with Gasteiger partial charge >= 0.3 is 5.69 Å². The van der Waals surface area contributed by atoms with Gasteiger partial charge in [-0.05, 0) is 19.9 Å². The molecule has 0 radical (unpaired) electrons. The van der Waals surface area contributed by atoms with Crippen LogP contribution >= 0.6 is 0 Å². The number of nitrogens with zero attached hydrogens (tertiary/aromatic N) is 3. The zero-order valence-corrected chi connectivity index (χ0v) is 8.60. The van der Waals surface area contributed by atoms with Crippen molar-refractivity contribution < 1.29 is 0 Å². The highest BCUT2D eigenvalue weighted by Crippen LogP contribution is 1.96. The van der Waals surface area contributed by atoms with Crippen LogP contribution in [0.25, 0.3) is 5.65 Å². The highest BCUT2D eigenvalue weighted by Gasteiger charge is 2.04. The highest BCUT2D eigenvalue weighted by molar-refractivity contribution is 5.36. The van der Waals surface area contributed by atoms with E-state index in [-0.39, 0.29) is 11.2 Å². The molecule has 0 amide bonds. The molecule has 0 atom stereocenters. The fourth-order valence-corrected chi connectivity index (χ4v) is 1.57. The Morgan fingerprint density at radius 1 is 1.40 bits per heavy atom. The van der Waals surface area contributed by atoms with Gasteiger partial charge in [-0.25, -0.2) is 9.20 Å². The maximum Gasteiger partial charge on any atom is 0.334 e. The van der Waals surface area contributed by atoms with E-state index in [4.69, 9.17) is 0 Å². The van der Waals surface area contributed by atoms with E-state index < -0.39 is 0 Å². The van der Waals surface area contributed by atoms with Crippen molar-refractivity contribution in [3.63, 3.8) is 0 Å². The summed E-state index contributed by atoms with van der Waals surface area (Å²) in [5, 5.41) is 0. The Balaban J connectivity index is 3.00. The average molecular weight is 205 g/mol. The lowest BCUT2D eigenvalue weighted by atomic mass is 10.4. The number of fused-ring (bicyclic) bond motifs is 1. The zero-order valence-electron chi connectivity index (χ0n) is 8.60. The highest BCUT2D eigenvalue weighted by atomic mass is 16.1. The lowest BCUT2D eigenvalue weighted by Crippen LogP contribution is -2.29. The van der Waals surface area contributed by atoms with Crippen LogP contribution in [0.5, 0.6) is 0 Å². The third kappa shape index (κ3) is 1.45. The molecule has 5 nitrogen and oxygen atoms in total. The summed E-state index contributed by atoms with van der Waals surface area (Å²) >= 11 is 0.